The molecule has 6 aromatic rings. The highest BCUT2D eigenvalue weighted by Gasteiger charge is 2.35. The number of nitrogens with zero attached hydrogens (tertiary/aromatic N) is 3. The first-order valence-electron chi connectivity index (χ1n) is 15.8. The van der Waals surface area contributed by atoms with Crippen LogP contribution in [0.15, 0.2) is 129 Å². The summed E-state index contributed by atoms with van der Waals surface area (Å²) in [5.74, 6) is 0.197. The summed E-state index contributed by atoms with van der Waals surface area (Å²) in [4.78, 5) is 33.8. The van der Waals surface area contributed by atoms with Gasteiger partial charge in [-0.2, -0.15) is 0 Å². The van der Waals surface area contributed by atoms with Gasteiger partial charge in [0.1, 0.15) is 5.75 Å². The van der Waals surface area contributed by atoms with Gasteiger partial charge in [-0.3, -0.25) is 9.36 Å². The van der Waals surface area contributed by atoms with Crippen LogP contribution < -0.4 is 19.6 Å². The number of thiazole rings is 1. The molecule has 0 spiro atoms. The Morgan fingerprint density at radius 2 is 1.65 bits per heavy atom. The molecule has 0 radical (unpaired) electrons. The molecule has 7 rings (SSSR count). The van der Waals surface area contributed by atoms with E-state index in [9.17, 15) is 9.59 Å². The Morgan fingerprint density at radius 3 is 2.38 bits per heavy atom. The van der Waals surface area contributed by atoms with Crippen LogP contribution in [0.1, 0.15) is 42.1 Å². The molecule has 4 aromatic carbocycles. The molecule has 9 heteroatoms. The van der Waals surface area contributed by atoms with E-state index in [0.717, 1.165) is 32.1 Å². The van der Waals surface area contributed by atoms with E-state index in [-0.39, 0.29) is 12.2 Å². The highest BCUT2D eigenvalue weighted by Crippen LogP contribution is 2.36. The SMILES string of the molecule is CCOC(=O)C1=C(c2ccccc2)N=c2s/c(=C/c3cn(Cc4ccc(Br)cc4)c4ccccc34)c(=O)n2[C@@H]1c1ccc(OCC)cc1. The van der Waals surface area contributed by atoms with E-state index in [4.69, 9.17) is 14.5 Å². The molecule has 3 heterocycles. The summed E-state index contributed by atoms with van der Waals surface area (Å²) in [7, 11) is 0. The third kappa shape index (κ3) is 6.07. The number of carbonyl (C=O) groups excluding carboxylic acids is 1. The first kappa shape index (κ1) is 31.6. The van der Waals surface area contributed by atoms with E-state index in [2.05, 4.69) is 51.0 Å². The topological polar surface area (TPSA) is 74.8 Å². The average molecular weight is 719 g/mol. The zero-order valence-corrected chi connectivity index (χ0v) is 28.8. The van der Waals surface area contributed by atoms with Crippen molar-refractivity contribution in [2.75, 3.05) is 13.2 Å². The van der Waals surface area contributed by atoms with Gasteiger partial charge < -0.3 is 14.0 Å². The summed E-state index contributed by atoms with van der Waals surface area (Å²) in [5.41, 5.74) is 5.27. The molecule has 1 aliphatic heterocycles. The summed E-state index contributed by atoms with van der Waals surface area (Å²) in [6, 6.07) is 32.8. The largest absolute Gasteiger partial charge is 0.494 e. The van der Waals surface area contributed by atoms with Crippen LogP contribution in [-0.4, -0.2) is 28.3 Å². The third-order valence-corrected chi connectivity index (χ3v) is 9.76. The number of hydrogen-bond acceptors (Lipinski definition) is 6. The molecule has 0 saturated carbocycles. The molecule has 48 heavy (non-hydrogen) atoms. The molecule has 0 unspecified atom stereocenters. The number of halogens is 1. The standard InChI is InChI=1S/C39H32BrN3O4S/c1-3-46-30-20-16-27(17-21-30)36-34(38(45)47-4-2)35(26-10-6-5-7-11-26)41-39-43(36)37(44)33(48-39)22-28-24-42(32-13-9-8-12-31(28)32)23-25-14-18-29(40)19-15-25/h5-22,24,36H,3-4,23H2,1-2H3/b33-22+/t36-/m1/s1. The fraction of sp³-hybridized carbons (Fsp3) is 0.154. The van der Waals surface area contributed by atoms with Gasteiger partial charge in [0.25, 0.3) is 5.56 Å². The minimum Gasteiger partial charge on any atom is -0.494 e. The lowest BCUT2D eigenvalue weighted by molar-refractivity contribution is -0.138. The Labute approximate surface area is 289 Å². The summed E-state index contributed by atoms with van der Waals surface area (Å²) in [6.07, 6.45) is 4.03. The van der Waals surface area contributed by atoms with Crippen molar-refractivity contribution < 1.29 is 14.3 Å². The van der Waals surface area contributed by atoms with Gasteiger partial charge in [0.05, 0.1) is 35.1 Å². The van der Waals surface area contributed by atoms with Crippen LogP contribution in [0, 0.1) is 0 Å². The Balaban J connectivity index is 1.43. The van der Waals surface area contributed by atoms with Crippen LogP contribution in [0.25, 0.3) is 22.7 Å². The predicted molar refractivity (Wildman–Crippen MR) is 194 cm³/mol. The van der Waals surface area contributed by atoms with Crippen LogP contribution in [0.4, 0.5) is 0 Å². The fourth-order valence-corrected chi connectivity index (χ4v) is 7.37. The first-order chi connectivity index (χ1) is 23.4. The lowest BCUT2D eigenvalue weighted by atomic mass is 9.93. The Bertz CT molecular complexity index is 2340. The number of ether oxygens (including phenoxy) is 2. The normalized spacial score (nSPS) is 14.6. The summed E-state index contributed by atoms with van der Waals surface area (Å²) in [5, 5.41) is 1.04. The monoisotopic (exact) mass is 717 g/mol. The molecule has 0 bridgehead atoms. The second-order valence-corrected chi connectivity index (χ2v) is 13.2. The van der Waals surface area contributed by atoms with Crippen molar-refractivity contribution in [3.8, 4) is 5.75 Å². The summed E-state index contributed by atoms with van der Waals surface area (Å²) in [6.45, 7) is 5.10. The minimum atomic E-state index is -0.757. The Kier molecular flexibility index (Phi) is 8.97. The zero-order chi connectivity index (χ0) is 33.2. The van der Waals surface area contributed by atoms with Crippen molar-refractivity contribution >= 4 is 55.9 Å². The second kappa shape index (κ2) is 13.6. The van der Waals surface area contributed by atoms with Gasteiger partial charge in [-0.1, -0.05) is 100 Å². The van der Waals surface area contributed by atoms with Crippen LogP contribution >= 0.6 is 27.3 Å². The molecule has 0 fully saturated rings. The van der Waals surface area contributed by atoms with E-state index in [1.54, 1.807) is 11.5 Å². The van der Waals surface area contributed by atoms with Crippen LogP contribution in [0.2, 0.25) is 0 Å². The molecule has 240 valence electrons. The van der Waals surface area contributed by atoms with Crippen molar-refractivity contribution in [3.63, 3.8) is 0 Å². The van der Waals surface area contributed by atoms with E-state index in [1.807, 2.05) is 91.9 Å². The molecule has 0 saturated heterocycles. The lowest BCUT2D eigenvalue weighted by Crippen LogP contribution is -2.40. The van der Waals surface area contributed by atoms with E-state index < -0.39 is 12.0 Å². The van der Waals surface area contributed by atoms with Crippen LogP contribution in [0.3, 0.4) is 0 Å². The number of fused-ring (bicyclic) bond motifs is 2. The van der Waals surface area contributed by atoms with Gasteiger partial charge in [-0.25, -0.2) is 9.79 Å². The second-order valence-electron chi connectivity index (χ2n) is 11.3. The highest BCUT2D eigenvalue weighted by atomic mass is 79.9. The van der Waals surface area contributed by atoms with Crippen LogP contribution in [0.5, 0.6) is 5.75 Å². The molecule has 0 N–H and O–H groups in total. The van der Waals surface area contributed by atoms with E-state index >= 15 is 0 Å². The highest BCUT2D eigenvalue weighted by molar-refractivity contribution is 9.10. The smallest absolute Gasteiger partial charge is 0.338 e. The van der Waals surface area contributed by atoms with Crippen molar-refractivity contribution in [1.29, 1.82) is 0 Å². The first-order valence-corrected chi connectivity index (χ1v) is 17.4. The van der Waals surface area contributed by atoms with Crippen molar-refractivity contribution in [3.05, 3.63) is 161 Å². The Morgan fingerprint density at radius 1 is 0.917 bits per heavy atom. The molecular weight excluding hydrogens is 686 g/mol. The van der Waals surface area contributed by atoms with Gasteiger partial charge in [0, 0.05) is 39.2 Å². The number of rotatable bonds is 9. The molecule has 1 aliphatic rings. The maximum atomic E-state index is 14.5. The quantitative estimate of drug-likeness (QED) is 0.150. The average Bonchev–Trinajstić information content (AvgIpc) is 3.61. The minimum absolute atomic E-state index is 0.190. The number of aromatic nitrogens is 2. The van der Waals surface area contributed by atoms with Crippen molar-refractivity contribution in [1.82, 2.24) is 9.13 Å². The van der Waals surface area contributed by atoms with Gasteiger partial charge in [0.15, 0.2) is 4.80 Å². The lowest BCUT2D eigenvalue weighted by Gasteiger charge is -2.26. The summed E-state index contributed by atoms with van der Waals surface area (Å²) >= 11 is 4.84. The number of benzene rings is 4. The fourth-order valence-electron chi connectivity index (χ4n) is 6.12. The number of esters is 1. The molecule has 1 atom stereocenters. The van der Waals surface area contributed by atoms with Crippen molar-refractivity contribution in [2.24, 2.45) is 4.99 Å². The number of para-hydroxylation sites is 1. The third-order valence-electron chi connectivity index (χ3n) is 8.25. The van der Waals surface area contributed by atoms with Crippen LogP contribution in [-0.2, 0) is 16.1 Å². The maximum absolute atomic E-state index is 14.5. The van der Waals surface area contributed by atoms with Crippen molar-refractivity contribution in [2.45, 2.75) is 26.4 Å². The zero-order valence-electron chi connectivity index (χ0n) is 26.4. The van der Waals surface area contributed by atoms with Gasteiger partial charge in [0.2, 0.25) is 0 Å². The molecule has 7 nitrogen and oxygen atoms in total. The van der Waals surface area contributed by atoms with Gasteiger partial charge in [-0.05, 0) is 61.4 Å². The number of carbonyl (C=O) groups is 1. The van der Waals surface area contributed by atoms with Gasteiger partial charge in [-0.15, -0.1) is 0 Å². The maximum Gasteiger partial charge on any atom is 0.338 e. The van der Waals surface area contributed by atoms with E-state index in [0.29, 0.717) is 39.5 Å². The number of hydrogen-bond donors (Lipinski definition) is 0. The summed E-state index contributed by atoms with van der Waals surface area (Å²) < 4.78 is 16.7. The molecular formula is C39H32BrN3O4S. The molecule has 0 amide bonds. The molecule has 2 aromatic heterocycles. The molecule has 0 aliphatic carbocycles. The predicted octanol–water partition coefficient (Wildman–Crippen LogP) is 7.10. The Hall–Kier alpha value is -4.99. The van der Waals surface area contributed by atoms with E-state index in [1.165, 1.54) is 16.9 Å². The van der Waals surface area contributed by atoms with Gasteiger partial charge >= 0.3 is 5.97 Å².